The van der Waals surface area contributed by atoms with Gasteiger partial charge in [-0.25, -0.2) is 0 Å². The molecule has 480 valence electrons. The quantitative estimate of drug-likeness (QED) is 0.0320. The van der Waals surface area contributed by atoms with Crippen LogP contribution in [0.2, 0.25) is 0 Å². The standard InChI is InChI=1S/C75H145NO5/c1-3-5-7-9-11-13-15-17-18-19-20-21-22-28-31-34-37-40-44-47-51-55-59-63-67-73(78)72(71-77)76-74(79)68-64-60-56-52-48-45-41-38-35-32-29-26-24-23-25-27-30-33-36-39-42-46-50-54-58-62-66-70-81-75(80)69-65-61-57-53-49-43-16-14-12-10-8-6-4-2/h23-24,27,30,72-73,77-78H,3-22,25-26,28-29,31-71H2,1-2H3,(H,76,79)/b24-23-,30-27-. The average Bonchev–Trinajstić information content (AvgIpc) is 3.47. The number of aliphatic hydroxyl groups excluding tert-OH is 2. The molecule has 0 aliphatic rings. The largest absolute Gasteiger partial charge is 0.466 e. The summed E-state index contributed by atoms with van der Waals surface area (Å²) in [4.78, 5) is 24.6. The molecule has 0 spiro atoms. The van der Waals surface area contributed by atoms with E-state index in [0.29, 0.717) is 25.9 Å². The summed E-state index contributed by atoms with van der Waals surface area (Å²) in [5, 5.41) is 23.5. The average molecular weight is 1140 g/mol. The van der Waals surface area contributed by atoms with E-state index in [9.17, 15) is 19.8 Å². The van der Waals surface area contributed by atoms with Crippen molar-refractivity contribution in [1.29, 1.82) is 0 Å². The second kappa shape index (κ2) is 70.8. The van der Waals surface area contributed by atoms with Crippen molar-refractivity contribution in [2.45, 2.75) is 431 Å². The highest BCUT2D eigenvalue weighted by Crippen LogP contribution is 2.19. The molecule has 0 rings (SSSR count). The van der Waals surface area contributed by atoms with Gasteiger partial charge in [-0.1, -0.05) is 372 Å². The first-order chi connectivity index (χ1) is 40.0. The van der Waals surface area contributed by atoms with Gasteiger partial charge in [0.15, 0.2) is 0 Å². The molecule has 0 aromatic carbocycles. The molecule has 0 aromatic heterocycles. The minimum absolute atomic E-state index is 0.0131. The lowest BCUT2D eigenvalue weighted by Crippen LogP contribution is -2.45. The van der Waals surface area contributed by atoms with Gasteiger partial charge in [0.1, 0.15) is 0 Å². The van der Waals surface area contributed by atoms with Gasteiger partial charge >= 0.3 is 5.97 Å². The zero-order valence-electron chi connectivity index (χ0n) is 55.0. The molecule has 0 aliphatic heterocycles. The van der Waals surface area contributed by atoms with E-state index in [1.165, 1.54) is 340 Å². The lowest BCUT2D eigenvalue weighted by Gasteiger charge is -2.22. The molecular weight excluding hydrogens is 995 g/mol. The van der Waals surface area contributed by atoms with E-state index in [0.717, 1.165) is 44.9 Å². The molecule has 1 amide bonds. The van der Waals surface area contributed by atoms with Crippen LogP contribution in [0.1, 0.15) is 418 Å². The molecule has 0 saturated heterocycles. The monoisotopic (exact) mass is 1140 g/mol. The number of unbranched alkanes of at least 4 members (excludes halogenated alkanes) is 55. The fourth-order valence-corrected chi connectivity index (χ4v) is 11.9. The minimum atomic E-state index is -0.668. The third-order valence-electron chi connectivity index (χ3n) is 17.5. The van der Waals surface area contributed by atoms with Gasteiger partial charge in [-0.3, -0.25) is 9.59 Å². The summed E-state index contributed by atoms with van der Waals surface area (Å²) in [6.45, 7) is 4.99. The molecule has 6 nitrogen and oxygen atoms in total. The van der Waals surface area contributed by atoms with Crippen molar-refractivity contribution in [1.82, 2.24) is 5.32 Å². The molecule has 0 heterocycles. The molecule has 81 heavy (non-hydrogen) atoms. The maximum Gasteiger partial charge on any atom is 0.305 e. The lowest BCUT2D eigenvalue weighted by atomic mass is 10.0. The lowest BCUT2D eigenvalue weighted by molar-refractivity contribution is -0.143. The first-order valence-corrected chi connectivity index (χ1v) is 37.1. The van der Waals surface area contributed by atoms with Crippen LogP contribution in [0.4, 0.5) is 0 Å². The molecule has 2 unspecified atom stereocenters. The van der Waals surface area contributed by atoms with E-state index in [-0.39, 0.29) is 18.5 Å². The zero-order valence-corrected chi connectivity index (χ0v) is 55.0. The smallest absolute Gasteiger partial charge is 0.305 e. The van der Waals surface area contributed by atoms with Crippen LogP contribution in [-0.4, -0.2) is 47.4 Å². The van der Waals surface area contributed by atoms with Gasteiger partial charge in [0, 0.05) is 12.8 Å². The van der Waals surface area contributed by atoms with Crippen LogP contribution in [0, 0.1) is 0 Å². The van der Waals surface area contributed by atoms with Gasteiger partial charge in [0.25, 0.3) is 0 Å². The van der Waals surface area contributed by atoms with Crippen LogP contribution in [-0.2, 0) is 14.3 Å². The molecule has 0 radical (unpaired) electrons. The van der Waals surface area contributed by atoms with E-state index in [4.69, 9.17) is 4.74 Å². The zero-order chi connectivity index (χ0) is 58.5. The Bertz CT molecular complexity index is 1270. The van der Waals surface area contributed by atoms with Crippen LogP contribution < -0.4 is 5.32 Å². The number of rotatable bonds is 70. The molecule has 6 heteroatoms. The molecule has 0 bridgehead atoms. The molecule has 0 aromatic rings. The number of allylic oxidation sites excluding steroid dienone is 4. The summed E-state index contributed by atoms with van der Waals surface area (Å²) in [6.07, 6.45) is 89.5. The summed E-state index contributed by atoms with van der Waals surface area (Å²) < 4.78 is 5.48. The highest BCUT2D eigenvalue weighted by molar-refractivity contribution is 5.76. The number of hydrogen-bond acceptors (Lipinski definition) is 5. The molecule has 2 atom stereocenters. The number of carbonyl (C=O) groups excluding carboxylic acids is 2. The van der Waals surface area contributed by atoms with E-state index < -0.39 is 12.1 Å². The number of aliphatic hydroxyl groups is 2. The van der Waals surface area contributed by atoms with E-state index in [1.54, 1.807) is 0 Å². The Kier molecular flexibility index (Phi) is 69.4. The van der Waals surface area contributed by atoms with Crippen molar-refractivity contribution in [3.8, 4) is 0 Å². The molecule has 0 fully saturated rings. The van der Waals surface area contributed by atoms with Crippen molar-refractivity contribution in [2.24, 2.45) is 0 Å². The minimum Gasteiger partial charge on any atom is -0.466 e. The van der Waals surface area contributed by atoms with E-state index in [2.05, 4.69) is 43.5 Å². The predicted molar refractivity (Wildman–Crippen MR) is 356 cm³/mol. The van der Waals surface area contributed by atoms with E-state index >= 15 is 0 Å². The number of carbonyl (C=O) groups is 2. The van der Waals surface area contributed by atoms with Crippen molar-refractivity contribution >= 4 is 11.9 Å². The SMILES string of the molecule is CCCCCCCCCCCCCCCCCCCCCCCCCCC(O)C(CO)NC(=O)CCCCCCCCCCCCC/C=C\C/C=C\CCCCCCCCCCCOC(=O)CCCCCCCCCCCCCCC. The number of ether oxygens (including phenoxy) is 1. The Morgan fingerprint density at radius 2 is 0.617 bits per heavy atom. The van der Waals surface area contributed by atoms with Crippen LogP contribution in [0.25, 0.3) is 0 Å². The molecule has 0 saturated carbocycles. The third kappa shape index (κ3) is 67.3. The van der Waals surface area contributed by atoms with Gasteiger partial charge in [-0.2, -0.15) is 0 Å². The fraction of sp³-hybridized carbons (Fsp3) is 0.920. The van der Waals surface area contributed by atoms with Crippen molar-refractivity contribution in [3.63, 3.8) is 0 Å². The molecule has 0 aliphatic carbocycles. The summed E-state index contributed by atoms with van der Waals surface area (Å²) in [6, 6.07) is -0.545. The highest BCUT2D eigenvalue weighted by Gasteiger charge is 2.20. The number of amides is 1. The predicted octanol–water partition coefficient (Wildman–Crippen LogP) is 24.1. The van der Waals surface area contributed by atoms with Crippen molar-refractivity contribution in [2.75, 3.05) is 13.2 Å². The second-order valence-corrected chi connectivity index (χ2v) is 25.6. The third-order valence-corrected chi connectivity index (χ3v) is 17.5. The second-order valence-electron chi connectivity index (χ2n) is 25.6. The summed E-state index contributed by atoms with van der Waals surface area (Å²) in [5.41, 5.74) is 0. The topological polar surface area (TPSA) is 95.9 Å². The highest BCUT2D eigenvalue weighted by atomic mass is 16.5. The Balaban J connectivity index is 3.41. The van der Waals surface area contributed by atoms with Crippen LogP contribution in [0.3, 0.4) is 0 Å². The van der Waals surface area contributed by atoms with Gasteiger partial charge in [0.2, 0.25) is 5.91 Å². The van der Waals surface area contributed by atoms with E-state index in [1.807, 2.05) is 0 Å². The van der Waals surface area contributed by atoms with Gasteiger partial charge in [-0.05, 0) is 57.8 Å². The fourth-order valence-electron chi connectivity index (χ4n) is 11.9. The van der Waals surface area contributed by atoms with Gasteiger partial charge in [-0.15, -0.1) is 0 Å². The Morgan fingerprint density at radius 1 is 0.346 bits per heavy atom. The first kappa shape index (κ1) is 79.3. The molecular formula is C75H145NO5. The van der Waals surface area contributed by atoms with Gasteiger partial charge < -0.3 is 20.3 Å². The Labute approximate surface area is 507 Å². The van der Waals surface area contributed by atoms with Gasteiger partial charge in [0.05, 0.1) is 25.4 Å². The van der Waals surface area contributed by atoms with Crippen LogP contribution in [0.15, 0.2) is 24.3 Å². The summed E-state index contributed by atoms with van der Waals surface area (Å²) in [7, 11) is 0. The normalized spacial score (nSPS) is 12.6. The maximum atomic E-state index is 12.6. The number of hydrogen-bond donors (Lipinski definition) is 3. The Morgan fingerprint density at radius 3 is 0.938 bits per heavy atom. The van der Waals surface area contributed by atoms with Crippen molar-refractivity contribution < 1.29 is 24.5 Å². The summed E-state index contributed by atoms with van der Waals surface area (Å²) >= 11 is 0. The first-order valence-electron chi connectivity index (χ1n) is 37.1. The molecule has 3 N–H and O–H groups in total. The van der Waals surface area contributed by atoms with Crippen LogP contribution in [0.5, 0.6) is 0 Å². The van der Waals surface area contributed by atoms with Crippen LogP contribution >= 0.6 is 0 Å². The number of esters is 1. The summed E-state index contributed by atoms with van der Waals surface area (Å²) in [5.74, 6) is -0.0199. The Hall–Kier alpha value is -1.66. The number of nitrogens with one attached hydrogen (secondary N) is 1. The van der Waals surface area contributed by atoms with Crippen molar-refractivity contribution in [3.05, 3.63) is 24.3 Å². The maximum absolute atomic E-state index is 12.6.